The largest absolute Gasteiger partial charge is 0.304 e. The maximum atomic E-state index is 2.61. The third-order valence-corrected chi connectivity index (χ3v) is 4.29. The maximum absolute atomic E-state index is 2.61. The molecule has 1 aliphatic rings. The van der Waals surface area contributed by atoms with Crippen LogP contribution in [0.5, 0.6) is 0 Å². The van der Waals surface area contributed by atoms with Crippen molar-refractivity contribution in [3.05, 3.63) is 0 Å². The first kappa shape index (κ1) is 13.0. The lowest BCUT2D eigenvalue weighted by atomic mass is 9.85. The Kier molecular flexibility index (Phi) is 3.52. The first-order valence-electron chi connectivity index (χ1n) is 6.08. The third kappa shape index (κ3) is 2.73. The molecule has 0 bridgehead atoms. The fourth-order valence-corrected chi connectivity index (χ4v) is 2.31. The second-order valence-corrected chi connectivity index (χ2v) is 6.65. The Balaban J connectivity index is 2.64. The van der Waals surface area contributed by atoms with Crippen molar-refractivity contribution in [1.82, 2.24) is 9.80 Å². The molecule has 0 aromatic carbocycles. The highest BCUT2D eigenvalue weighted by molar-refractivity contribution is 4.94. The minimum absolute atomic E-state index is 0.319. The van der Waals surface area contributed by atoms with Crippen molar-refractivity contribution in [1.29, 1.82) is 0 Å². The molecule has 1 saturated heterocycles. The second kappa shape index (κ2) is 4.06. The van der Waals surface area contributed by atoms with Gasteiger partial charge < -0.3 is 4.90 Å². The zero-order valence-electron chi connectivity index (χ0n) is 11.6. The molecule has 90 valence electrons. The van der Waals surface area contributed by atoms with E-state index in [1.165, 1.54) is 19.5 Å². The minimum Gasteiger partial charge on any atom is -0.304 e. The van der Waals surface area contributed by atoms with E-state index in [1.807, 2.05) is 0 Å². The standard InChI is InChI=1S/C13H28N2/c1-12(2,3)15-9-8-11(10-15)13(4,5)14(6)7/h11H,8-10H2,1-7H3. The summed E-state index contributed by atoms with van der Waals surface area (Å²) < 4.78 is 0. The molecule has 1 fully saturated rings. The molecule has 0 aliphatic carbocycles. The monoisotopic (exact) mass is 212 g/mol. The van der Waals surface area contributed by atoms with Crippen LogP contribution < -0.4 is 0 Å². The molecular weight excluding hydrogens is 184 g/mol. The van der Waals surface area contributed by atoms with Gasteiger partial charge in [-0.05, 0) is 67.6 Å². The second-order valence-electron chi connectivity index (χ2n) is 6.65. The van der Waals surface area contributed by atoms with Gasteiger partial charge in [-0.1, -0.05) is 0 Å². The normalized spacial score (nSPS) is 25.2. The van der Waals surface area contributed by atoms with Crippen molar-refractivity contribution in [2.75, 3.05) is 27.2 Å². The highest BCUT2D eigenvalue weighted by atomic mass is 15.2. The maximum Gasteiger partial charge on any atom is 0.0187 e. The molecule has 0 amide bonds. The summed E-state index contributed by atoms with van der Waals surface area (Å²) in [5.41, 5.74) is 0.650. The van der Waals surface area contributed by atoms with E-state index >= 15 is 0 Å². The quantitative estimate of drug-likeness (QED) is 0.694. The molecule has 1 atom stereocenters. The zero-order valence-corrected chi connectivity index (χ0v) is 11.6. The molecule has 1 unspecified atom stereocenters. The van der Waals surface area contributed by atoms with E-state index in [-0.39, 0.29) is 0 Å². The Bertz CT molecular complexity index is 213. The van der Waals surface area contributed by atoms with Crippen molar-refractivity contribution in [2.45, 2.75) is 52.1 Å². The van der Waals surface area contributed by atoms with Crippen LogP contribution in [0.25, 0.3) is 0 Å². The Morgan fingerprint density at radius 1 is 1.07 bits per heavy atom. The number of hydrogen-bond donors (Lipinski definition) is 0. The predicted octanol–water partition coefficient (Wildman–Crippen LogP) is 2.45. The molecule has 2 heteroatoms. The summed E-state index contributed by atoms with van der Waals surface area (Å²) in [6.07, 6.45) is 1.34. The summed E-state index contributed by atoms with van der Waals surface area (Å²) in [6.45, 7) is 14.2. The lowest BCUT2D eigenvalue weighted by Gasteiger charge is -2.39. The topological polar surface area (TPSA) is 6.48 Å². The third-order valence-electron chi connectivity index (χ3n) is 4.29. The number of nitrogens with zero attached hydrogens (tertiary/aromatic N) is 2. The van der Waals surface area contributed by atoms with Gasteiger partial charge in [-0.3, -0.25) is 4.90 Å². The molecule has 1 rings (SSSR count). The Morgan fingerprint density at radius 3 is 1.93 bits per heavy atom. The average molecular weight is 212 g/mol. The summed E-state index contributed by atoms with van der Waals surface area (Å²) in [5, 5.41) is 0. The van der Waals surface area contributed by atoms with Crippen LogP contribution in [0.3, 0.4) is 0 Å². The molecular formula is C13H28N2. The van der Waals surface area contributed by atoms with Gasteiger partial charge >= 0.3 is 0 Å². The van der Waals surface area contributed by atoms with E-state index in [9.17, 15) is 0 Å². The molecule has 0 N–H and O–H groups in total. The van der Waals surface area contributed by atoms with Crippen LogP contribution >= 0.6 is 0 Å². The van der Waals surface area contributed by atoms with Gasteiger partial charge in [-0.15, -0.1) is 0 Å². The van der Waals surface area contributed by atoms with Gasteiger partial charge in [-0.25, -0.2) is 0 Å². The van der Waals surface area contributed by atoms with Crippen molar-refractivity contribution in [2.24, 2.45) is 5.92 Å². The Morgan fingerprint density at radius 2 is 1.60 bits per heavy atom. The van der Waals surface area contributed by atoms with Gasteiger partial charge in [0.1, 0.15) is 0 Å². The number of rotatable bonds is 2. The van der Waals surface area contributed by atoms with Crippen LogP contribution in [-0.4, -0.2) is 48.1 Å². The van der Waals surface area contributed by atoms with Crippen LogP contribution in [0.1, 0.15) is 41.0 Å². The van der Waals surface area contributed by atoms with Crippen molar-refractivity contribution in [3.63, 3.8) is 0 Å². The smallest absolute Gasteiger partial charge is 0.0187 e. The highest BCUT2D eigenvalue weighted by Crippen LogP contribution is 2.33. The molecule has 0 saturated carbocycles. The summed E-state index contributed by atoms with van der Waals surface area (Å²) in [5.74, 6) is 0.798. The first-order chi connectivity index (χ1) is 6.65. The van der Waals surface area contributed by atoms with E-state index in [0.29, 0.717) is 11.1 Å². The lowest BCUT2D eigenvalue weighted by molar-refractivity contribution is 0.101. The first-order valence-corrected chi connectivity index (χ1v) is 6.08. The van der Waals surface area contributed by atoms with E-state index in [1.54, 1.807) is 0 Å². The van der Waals surface area contributed by atoms with Crippen LogP contribution in [-0.2, 0) is 0 Å². The predicted molar refractivity (Wildman–Crippen MR) is 67.2 cm³/mol. The molecule has 0 radical (unpaired) electrons. The fourth-order valence-electron chi connectivity index (χ4n) is 2.31. The minimum atomic E-state index is 0.319. The lowest BCUT2D eigenvalue weighted by Crippen LogP contribution is -2.47. The summed E-state index contributed by atoms with van der Waals surface area (Å²) >= 11 is 0. The summed E-state index contributed by atoms with van der Waals surface area (Å²) in [4.78, 5) is 4.98. The Labute approximate surface area is 95.6 Å². The zero-order chi connectivity index (χ0) is 11.9. The fraction of sp³-hybridized carbons (Fsp3) is 1.00. The molecule has 15 heavy (non-hydrogen) atoms. The molecule has 1 aliphatic heterocycles. The van der Waals surface area contributed by atoms with Crippen molar-refractivity contribution >= 4 is 0 Å². The van der Waals surface area contributed by atoms with Gasteiger partial charge in [0, 0.05) is 17.6 Å². The van der Waals surface area contributed by atoms with E-state index in [4.69, 9.17) is 0 Å². The Hall–Kier alpha value is -0.0800. The van der Waals surface area contributed by atoms with Gasteiger partial charge in [0.25, 0.3) is 0 Å². The van der Waals surface area contributed by atoms with Crippen molar-refractivity contribution in [3.8, 4) is 0 Å². The SMILES string of the molecule is CN(C)C(C)(C)C1CCN(C(C)(C)C)C1. The average Bonchev–Trinajstić information content (AvgIpc) is 2.50. The number of hydrogen-bond acceptors (Lipinski definition) is 2. The van der Waals surface area contributed by atoms with Crippen LogP contribution in [0.15, 0.2) is 0 Å². The highest BCUT2D eigenvalue weighted by Gasteiger charge is 2.39. The van der Waals surface area contributed by atoms with E-state index in [0.717, 1.165) is 5.92 Å². The van der Waals surface area contributed by atoms with E-state index < -0.39 is 0 Å². The molecule has 0 spiro atoms. The van der Waals surface area contributed by atoms with Gasteiger partial charge in [0.05, 0.1) is 0 Å². The summed E-state index contributed by atoms with van der Waals surface area (Å²) in [6, 6.07) is 0. The van der Waals surface area contributed by atoms with Crippen LogP contribution in [0, 0.1) is 5.92 Å². The van der Waals surface area contributed by atoms with Gasteiger partial charge in [0.15, 0.2) is 0 Å². The van der Waals surface area contributed by atoms with Crippen molar-refractivity contribution < 1.29 is 0 Å². The van der Waals surface area contributed by atoms with Gasteiger partial charge in [0.2, 0.25) is 0 Å². The van der Waals surface area contributed by atoms with Gasteiger partial charge in [-0.2, -0.15) is 0 Å². The van der Waals surface area contributed by atoms with Crippen LogP contribution in [0.4, 0.5) is 0 Å². The molecule has 1 heterocycles. The van der Waals surface area contributed by atoms with E-state index in [2.05, 4.69) is 58.5 Å². The summed E-state index contributed by atoms with van der Waals surface area (Å²) in [7, 11) is 4.39. The molecule has 0 aromatic heterocycles. The molecule has 0 aromatic rings. The van der Waals surface area contributed by atoms with Crippen LogP contribution in [0.2, 0.25) is 0 Å². The molecule has 2 nitrogen and oxygen atoms in total. The number of likely N-dealkylation sites (tertiary alicyclic amines) is 1.